The fourth-order valence-electron chi connectivity index (χ4n) is 2.05. The first-order chi connectivity index (χ1) is 12.2. The van der Waals surface area contributed by atoms with Gasteiger partial charge in [-0.05, 0) is 71.6 Å². The lowest BCUT2D eigenvalue weighted by Gasteiger charge is -2.28. The fourth-order valence-corrected chi connectivity index (χ4v) is 3.14. The summed E-state index contributed by atoms with van der Waals surface area (Å²) >= 11 is 25.4. The molecule has 26 heavy (non-hydrogen) atoms. The van der Waals surface area contributed by atoms with Gasteiger partial charge in [-0.15, -0.1) is 0 Å². The summed E-state index contributed by atoms with van der Waals surface area (Å²) in [6, 6.07) is 14.7. The van der Waals surface area contributed by atoms with Gasteiger partial charge in [-0.2, -0.15) is 0 Å². The number of rotatable bonds is 4. The largest absolute Gasteiger partial charge is 0.339 e. The molecular formula is C17H15Cl3IN3OS. The van der Waals surface area contributed by atoms with Gasteiger partial charge in [-0.1, -0.05) is 59.1 Å². The second kappa shape index (κ2) is 9.41. The summed E-state index contributed by atoms with van der Waals surface area (Å²) in [4.78, 5) is 12.5. The van der Waals surface area contributed by atoms with Crippen molar-refractivity contribution in [2.24, 2.45) is 0 Å². The Morgan fingerprint density at radius 1 is 1.12 bits per heavy atom. The number of amides is 1. The monoisotopic (exact) mass is 541 g/mol. The number of alkyl halides is 3. The molecule has 0 aliphatic carbocycles. The van der Waals surface area contributed by atoms with E-state index in [-0.39, 0.29) is 11.0 Å². The van der Waals surface area contributed by atoms with Crippen molar-refractivity contribution in [2.45, 2.75) is 16.9 Å². The van der Waals surface area contributed by atoms with Gasteiger partial charge in [0, 0.05) is 14.8 Å². The first-order valence-electron chi connectivity index (χ1n) is 7.43. The van der Waals surface area contributed by atoms with Gasteiger partial charge in [-0.25, -0.2) is 0 Å². The number of aryl methyl sites for hydroxylation is 1. The number of benzene rings is 2. The maximum Gasteiger partial charge on any atom is 0.253 e. The van der Waals surface area contributed by atoms with Gasteiger partial charge in [0.05, 0.1) is 0 Å². The van der Waals surface area contributed by atoms with Crippen LogP contribution in [0.15, 0.2) is 48.5 Å². The summed E-state index contributed by atoms with van der Waals surface area (Å²) < 4.78 is -0.889. The third-order valence-electron chi connectivity index (χ3n) is 3.36. The van der Waals surface area contributed by atoms with E-state index < -0.39 is 9.96 Å². The Kier molecular flexibility index (Phi) is 7.78. The summed E-state index contributed by atoms with van der Waals surface area (Å²) in [5, 5.41) is 8.74. The summed E-state index contributed by atoms with van der Waals surface area (Å²) in [5.41, 5.74) is 2.28. The number of carbonyl (C=O) groups is 1. The van der Waals surface area contributed by atoms with Gasteiger partial charge in [0.1, 0.15) is 6.17 Å². The molecule has 0 fully saturated rings. The van der Waals surface area contributed by atoms with Gasteiger partial charge in [0.25, 0.3) is 5.91 Å². The Balaban J connectivity index is 2.09. The molecule has 9 heteroatoms. The second-order valence-corrected chi connectivity index (χ2v) is 9.39. The number of nitrogens with one attached hydrogen (secondary N) is 3. The van der Waals surface area contributed by atoms with Gasteiger partial charge in [0.2, 0.25) is 3.79 Å². The minimum Gasteiger partial charge on any atom is -0.339 e. The van der Waals surface area contributed by atoms with Crippen LogP contribution in [-0.2, 0) is 0 Å². The van der Waals surface area contributed by atoms with Crippen LogP contribution in [0.1, 0.15) is 15.9 Å². The van der Waals surface area contributed by atoms with Crippen LogP contribution in [0.2, 0.25) is 0 Å². The van der Waals surface area contributed by atoms with E-state index in [4.69, 9.17) is 47.0 Å². The molecule has 0 unspecified atom stereocenters. The van der Waals surface area contributed by atoms with Crippen LogP contribution < -0.4 is 16.0 Å². The van der Waals surface area contributed by atoms with Crippen molar-refractivity contribution in [3.63, 3.8) is 0 Å². The van der Waals surface area contributed by atoms with E-state index in [1.807, 2.05) is 37.3 Å². The minimum absolute atomic E-state index is 0.221. The average molecular weight is 543 g/mol. The number of hydrogen-bond acceptors (Lipinski definition) is 2. The summed E-state index contributed by atoms with van der Waals surface area (Å²) in [7, 11) is 0. The Morgan fingerprint density at radius 2 is 1.81 bits per heavy atom. The second-order valence-electron chi connectivity index (χ2n) is 5.37. The predicted octanol–water partition coefficient (Wildman–Crippen LogP) is 5.01. The first-order valence-corrected chi connectivity index (χ1v) is 10.0. The number of carbonyl (C=O) groups excluding carboxylic acids is 1. The molecule has 2 rings (SSSR count). The molecule has 0 bridgehead atoms. The lowest BCUT2D eigenvalue weighted by Crippen LogP contribution is -2.56. The fraction of sp³-hybridized carbons (Fsp3) is 0.176. The molecule has 2 aromatic rings. The van der Waals surface area contributed by atoms with Crippen LogP contribution in [0, 0.1) is 10.5 Å². The molecule has 4 nitrogen and oxygen atoms in total. The standard InChI is InChI=1S/C17H15Cl3IN3OS/c1-10-5-2-3-8-13(10)22-16(26)24-15(17(18,19)20)23-14(25)11-6-4-7-12(21)9-11/h2-9,15H,1H3,(H,23,25)(H2,22,24,26)/t15-/m0/s1. The summed E-state index contributed by atoms with van der Waals surface area (Å²) in [6.07, 6.45) is -1.03. The SMILES string of the molecule is Cc1ccccc1NC(=S)N[C@H](NC(=O)c1cccc(I)c1)C(Cl)(Cl)Cl. The molecule has 0 radical (unpaired) electrons. The minimum atomic E-state index is -1.81. The van der Waals surface area contributed by atoms with Crippen LogP contribution in [-0.4, -0.2) is 21.0 Å². The highest BCUT2D eigenvalue weighted by Gasteiger charge is 2.35. The molecule has 2 aromatic carbocycles. The molecule has 138 valence electrons. The van der Waals surface area contributed by atoms with Crippen LogP contribution in [0.3, 0.4) is 0 Å². The summed E-state index contributed by atoms with van der Waals surface area (Å²) in [5.74, 6) is -0.383. The number of halogens is 4. The van der Waals surface area contributed by atoms with Gasteiger partial charge < -0.3 is 16.0 Å². The number of anilines is 1. The molecule has 0 heterocycles. The van der Waals surface area contributed by atoms with Gasteiger partial charge in [-0.3, -0.25) is 4.79 Å². The molecule has 0 aliphatic heterocycles. The molecule has 3 N–H and O–H groups in total. The van der Waals surface area contributed by atoms with Gasteiger partial charge >= 0.3 is 0 Å². The molecule has 0 aliphatic rings. The normalized spacial score (nSPS) is 12.2. The number of para-hydroxylation sites is 1. The van der Waals surface area contributed by atoms with Crippen LogP contribution in [0.25, 0.3) is 0 Å². The maximum absolute atomic E-state index is 12.5. The van der Waals surface area contributed by atoms with Crippen LogP contribution in [0.5, 0.6) is 0 Å². The van der Waals surface area contributed by atoms with Gasteiger partial charge in [0.15, 0.2) is 5.11 Å². The van der Waals surface area contributed by atoms with E-state index in [9.17, 15) is 4.79 Å². The lowest BCUT2D eigenvalue weighted by atomic mass is 10.2. The molecular weight excluding hydrogens is 528 g/mol. The predicted molar refractivity (Wildman–Crippen MR) is 121 cm³/mol. The highest BCUT2D eigenvalue weighted by atomic mass is 127. The van der Waals surface area contributed by atoms with E-state index >= 15 is 0 Å². The molecule has 1 amide bonds. The molecule has 0 spiro atoms. The van der Waals surface area contributed by atoms with Crippen LogP contribution >= 0.6 is 69.6 Å². The first kappa shape index (κ1) is 21.5. The van der Waals surface area contributed by atoms with Crippen molar-refractivity contribution in [3.05, 3.63) is 63.2 Å². The third-order valence-corrected chi connectivity index (χ3v) is 4.90. The van der Waals surface area contributed by atoms with E-state index in [1.165, 1.54) is 0 Å². The van der Waals surface area contributed by atoms with Crippen molar-refractivity contribution >= 4 is 86.3 Å². The lowest BCUT2D eigenvalue weighted by molar-refractivity contribution is 0.0934. The zero-order valence-corrected chi connectivity index (χ0v) is 18.8. The Labute approximate surface area is 186 Å². The van der Waals surface area contributed by atoms with E-state index in [0.29, 0.717) is 5.56 Å². The average Bonchev–Trinajstić information content (AvgIpc) is 2.55. The Bertz CT molecular complexity index is 814. The van der Waals surface area contributed by atoms with Crippen LogP contribution in [0.4, 0.5) is 5.69 Å². The smallest absolute Gasteiger partial charge is 0.253 e. The molecule has 0 saturated heterocycles. The van der Waals surface area contributed by atoms with Crippen molar-refractivity contribution in [2.75, 3.05) is 5.32 Å². The zero-order chi connectivity index (χ0) is 19.3. The third kappa shape index (κ3) is 6.42. The number of thiocarbonyl (C=S) groups is 1. The molecule has 1 atom stereocenters. The quantitative estimate of drug-likeness (QED) is 0.220. The summed E-state index contributed by atoms with van der Waals surface area (Å²) in [6.45, 7) is 1.94. The van der Waals surface area contributed by atoms with E-state index in [0.717, 1.165) is 14.8 Å². The Hall–Kier alpha value is -0.800. The van der Waals surface area contributed by atoms with E-state index in [2.05, 4.69) is 38.5 Å². The maximum atomic E-state index is 12.5. The molecule has 0 saturated carbocycles. The van der Waals surface area contributed by atoms with Crippen molar-refractivity contribution < 1.29 is 4.79 Å². The topological polar surface area (TPSA) is 53.2 Å². The van der Waals surface area contributed by atoms with Crippen molar-refractivity contribution in [1.82, 2.24) is 10.6 Å². The molecule has 0 aromatic heterocycles. The highest BCUT2D eigenvalue weighted by molar-refractivity contribution is 14.1. The zero-order valence-electron chi connectivity index (χ0n) is 13.5. The van der Waals surface area contributed by atoms with E-state index in [1.54, 1.807) is 18.2 Å². The highest BCUT2D eigenvalue weighted by Crippen LogP contribution is 2.29. The Morgan fingerprint density at radius 3 is 2.42 bits per heavy atom. The number of hydrogen-bond donors (Lipinski definition) is 3. The van der Waals surface area contributed by atoms with Crippen molar-refractivity contribution in [1.29, 1.82) is 0 Å². The van der Waals surface area contributed by atoms with Crippen molar-refractivity contribution in [3.8, 4) is 0 Å².